The first kappa shape index (κ1) is 11.4. The highest BCUT2D eigenvalue weighted by molar-refractivity contribution is 5.97. The molecule has 0 aliphatic heterocycles. The number of hydrogen-bond donors (Lipinski definition) is 1. The maximum Gasteiger partial charge on any atom is 0.471 e. The number of benzene rings is 1. The Morgan fingerprint density at radius 1 is 1.41 bits per heavy atom. The zero-order valence-corrected chi connectivity index (χ0v) is 8.63. The highest BCUT2D eigenvalue weighted by atomic mass is 19.4. The van der Waals surface area contributed by atoms with Crippen molar-refractivity contribution < 1.29 is 22.4 Å². The van der Waals surface area contributed by atoms with Gasteiger partial charge in [-0.25, -0.2) is 4.98 Å². The van der Waals surface area contributed by atoms with Crippen molar-refractivity contribution >= 4 is 22.7 Å². The number of carbonyl (C=O) groups is 1. The van der Waals surface area contributed by atoms with Gasteiger partial charge in [0.2, 0.25) is 0 Å². The zero-order valence-electron chi connectivity index (χ0n) is 8.63. The van der Waals surface area contributed by atoms with Crippen molar-refractivity contribution in [2.75, 3.05) is 5.32 Å². The molecular weight excluding hydrogens is 237 g/mol. The van der Waals surface area contributed by atoms with Crippen LogP contribution < -0.4 is 5.32 Å². The number of amides is 1. The number of hydrogen-bond acceptors (Lipinski definition) is 3. The van der Waals surface area contributed by atoms with Gasteiger partial charge < -0.3 is 9.73 Å². The summed E-state index contributed by atoms with van der Waals surface area (Å²) in [6.45, 7) is 1.55. The van der Waals surface area contributed by atoms with Gasteiger partial charge >= 0.3 is 12.1 Å². The second-order valence-electron chi connectivity index (χ2n) is 3.39. The molecule has 7 heteroatoms. The number of halogens is 3. The Balaban J connectivity index is 2.37. The molecule has 0 bridgehead atoms. The smallest absolute Gasteiger partial charge is 0.443 e. The lowest BCUT2D eigenvalue weighted by atomic mass is 10.1. The number of aryl methyl sites for hydroxylation is 1. The van der Waals surface area contributed by atoms with E-state index in [0.717, 1.165) is 0 Å². The third-order valence-electron chi connectivity index (χ3n) is 2.26. The van der Waals surface area contributed by atoms with Crippen LogP contribution in [-0.2, 0) is 4.79 Å². The summed E-state index contributed by atoms with van der Waals surface area (Å²) >= 11 is 0. The van der Waals surface area contributed by atoms with Crippen LogP contribution in [0.25, 0.3) is 11.1 Å². The van der Waals surface area contributed by atoms with E-state index in [0.29, 0.717) is 16.7 Å². The highest BCUT2D eigenvalue weighted by Crippen LogP contribution is 2.26. The molecule has 1 aromatic heterocycles. The molecule has 4 nitrogen and oxygen atoms in total. The predicted molar refractivity (Wildman–Crippen MR) is 53.4 cm³/mol. The van der Waals surface area contributed by atoms with Gasteiger partial charge in [-0.2, -0.15) is 13.2 Å². The first-order chi connectivity index (χ1) is 7.89. The van der Waals surface area contributed by atoms with Gasteiger partial charge in [0.1, 0.15) is 5.52 Å². The van der Waals surface area contributed by atoms with Crippen LogP contribution in [0.15, 0.2) is 22.9 Å². The molecule has 0 aliphatic carbocycles. The molecule has 0 unspecified atom stereocenters. The standard InChI is InChI=1S/C10H7F3N2O2/c1-5-6(15-9(16)10(11,12)13)2-3-7-8(5)14-4-17-7/h2-4H,1H3,(H,15,16). The second-order valence-corrected chi connectivity index (χ2v) is 3.39. The number of carbonyl (C=O) groups excluding carboxylic acids is 1. The summed E-state index contributed by atoms with van der Waals surface area (Å²) in [5, 5.41) is 1.79. The quantitative estimate of drug-likeness (QED) is 0.838. The van der Waals surface area contributed by atoms with Crippen LogP contribution in [0.3, 0.4) is 0 Å². The average Bonchev–Trinajstić information content (AvgIpc) is 2.69. The van der Waals surface area contributed by atoms with Gasteiger partial charge in [-0.05, 0) is 19.1 Å². The van der Waals surface area contributed by atoms with Crippen LogP contribution in [-0.4, -0.2) is 17.1 Å². The molecule has 0 spiro atoms. The minimum Gasteiger partial charge on any atom is -0.443 e. The molecule has 0 saturated heterocycles. The van der Waals surface area contributed by atoms with Crippen molar-refractivity contribution in [3.05, 3.63) is 24.1 Å². The van der Waals surface area contributed by atoms with E-state index in [4.69, 9.17) is 4.42 Å². The van der Waals surface area contributed by atoms with Crippen LogP contribution in [0.2, 0.25) is 0 Å². The van der Waals surface area contributed by atoms with Gasteiger partial charge in [0.25, 0.3) is 0 Å². The molecule has 2 aromatic rings. The summed E-state index contributed by atoms with van der Waals surface area (Å²) in [5.74, 6) is -2.01. The minimum atomic E-state index is -4.91. The van der Waals surface area contributed by atoms with Crippen LogP contribution in [0, 0.1) is 6.92 Å². The summed E-state index contributed by atoms with van der Waals surface area (Å²) in [6.07, 6.45) is -3.72. The van der Waals surface area contributed by atoms with Crippen LogP contribution in [0.4, 0.5) is 18.9 Å². The fourth-order valence-electron chi connectivity index (χ4n) is 1.40. The van der Waals surface area contributed by atoms with E-state index in [1.807, 2.05) is 0 Å². The third-order valence-corrected chi connectivity index (χ3v) is 2.26. The summed E-state index contributed by atoms with van der Waals surface area (Å²) in [5.41, 5.74) is 1.36. The molecule has 2 rings (SSSR count). The van der Waals surface area contributed by atoms with Gasteiger partial charge in [-0.3, -0.25) is 4.79 Å². The van der Waals surface area contributed by atoms with Crippen molar-refractivity contribution in [3.8, 4) is 0 Å². The van der Waals surface area contributed by atoms with E-state index in [-0.39, 0.29) is 5.69 Å². The largest absolute Gasteiger partial charge is 0.471 e. The van der Waals surface area contributed by atoms with Crippen LogP contribution >= 0.6 is 0 Å². The summed E-state index contributed by atoms with van der Waals surface area (Å²) in [4.78, 5) is 14.6. The molecular formula is C10H7F3N2O2. The molecule has 1 heterocycles. The van der Waals surface area contributed by atoms with Crippen molar-refractivity contribution in [1.82, 2.24) is 4.98 Å². The molecule has 0 saturated carbocycles. The fourth-order valence-corrected chi connectivity index (χ4v) is 1.40. The van der Waals surface area contributed by atoms with E-state index < -0.39 is 12.1 Å². The Kier molecular flexibility index (Phi) is 2.53. The Morgan fingerprint density at radius 3 is 2.76 bits per heavy atom. The van der Waals surface area contributed by atoms with Gasteiger partial charge in [-0.15, -0.1) is 0 Å². The molecule has 0 fully saturated rings. The van der Waals surface area contributed by atoms with E-state index >= 15 is 0 Å². The van der Waals surface area contributed by atoms with E-state index in [1.54, 1.807) is 12.2 Å². The lowest BCUT2D eigenvalue weighted by molar-refractivity contribution is -0.167. The van der Waals surface area contributed by atoms with Crippen LogP contribution in [0.1, 0.15) is 5.56 Å². The number of nitrogens with zero attached hydrogens (tertiary/aromatic N) is 1. The Hall–Kier alpha value is -2.05. The molecule has 1 aromatic carbocycles. The number of nitrogens with one attached hydrogen (secondary N) is 1. The third kappa shape index (κ3) is 2.08. The lowest BCUT2D eigenvalue weighted by Crippen LogP contribution is -2.30. The minimum absolute atomic E-state index is 0.0636. The summed E-state index contributed by atoms with van der Waals surface area (Å²) in [7, 11) is 0. The number of fused-ring (bicyclic) bond motifs is 1. The molecule has 0 atom stereocenters. The first-order valence-electron chi connectivity index (χ1n) is 4.60. The van der Waals surface area contributed by atoms with Crippen molar-refractivity contribution in [3.63, 3.8) is 0 Å². The van der Waals surface area contributed by atoms with Crippen molar-refractivity contribution in [2.45, 2.75) is 13.1 Å². The lowest BCUT2D eigenvalue weighted by Gasteiger charge is -2.10. The number of anilines is 1. The predicted octanol–water partition coefficient (Wildman–Crippen LogP) is 2.64. The van der Waals surface area contributed by atoms with E-state index in [9.17, 15) is 18.0 Å². The second kappa shape index (κ2) is 3.76. The fraction of sp³-hybridized carbons (Fsp3) is 0.200. The van der Waals surface area contributed by atoms with Gasteiger partial charge in [0.15, 0.2) is 12.0 Å². The Morgan fingerprint density at radius 2 is 2.12 bits per heavy atom. The molecule has 0 aliphatic rings. The zero-order chi connectivity index (χ0) is 12.6. The average molecular weight is 244 g/mol. The number of oxazole rings is 1. The summed E-state index contributed by atoms with van der Waals surface area (Å²) < 4.78 is 41.2. The van der Waals surface area contributed by atoms with Crippen LogP contribution in [0.5, 0.6) is 0 Å². The summed E-state index contributed by atoms with van der Waals surface area (Å²) in [6, 6.07) is 2.79. The highest BCUT2D eigenvalue weighted by Gasteiger charge is 2.38. The number of aromatic nitrogens is 1. The Bertz CT molecular complexity index is 574. The van der Waals surface area contributed by atoms with Crippen molar-refractivity contribution in [1.29, 1.82) is 0 Å². The maximum atomic E-state index is 12.1. The molecule has 1 amide bonds. The van der Waals surface area contributed by atoms with Gasteiger partial charge in [0.05, 0.1) is 0 Å². The number of alkyl halides is 3. The molecule has 0 radical (unpaired) electrons. The Labute approximate surface area is 93.4 Å². The molecule has 90 valence electrons. The first-order valence-corrected chi connectivity index (χ1v) is 4.60. The normalized spacial score (nSPS) is 11.8. The van der Waals surface area contributed by atoms with Gasteiger partial charge in [0, 0.05) is 11.3 Å². The van der Waals surface area contributed by atoms with E-state index in [2.05, 4.69) is 4.98 Å². The SMILES string of the molecule is Cc1c(NC(=O)C(F)(F)F)ccc2ocnc12. The maximum absolute atomic E-state index is 12.1. The topological polar surface area (TPSA) is 55.1 Å². The molecule has 17 heavy (non-hydrogen) atoms. The number of rotatable bonds is 1. The van der Waals surface area contributed by atoms with E-state index in [1.165, 1.54) is 18.5 Å². The molecule has 1 N–H and O–H groups in total. The monoisotopic (exact) mass is 244 g/mol. The van der Waals surface area contributed by atoms with Crippen molar-refractivity contribution in [2.24, 2.45) is 0 Å². The van der Waals surface area contributed by atoms with Gasteiger partial charge in [-0.1, -0.05) is 0 Å².